The molecule has 0 radical (unpaired) electrons. The summed E-state index contributed by atoms with van der Waals surface area (Å²) in [6, 6.07) is 0. The molecule has 0 aliphatic rings. The lowest BCUT2D eigenvalue weighted by Gasteiger charge is -2.04. The highest BCUT2D eigenvalue weighted by Gasteiger charge is 1.98. The Kier molecular flexibility index (Phi) is 7.73. The highest BCUT2D eigenvalue weighted by Crippen LogP contribution is 1.87. The Labute approximate surface area is 72.2 Å². The maximum atomic E-state index is 10.8. The number of carbonyl (C=O) groups excluding carboxylic acids is 1. The lowest BCUT2D eigenvalue weighted by molar-refractivity contribution is 0.123. The van der Waals surface area contributed by atoms with Crippen LogP contribution < -0.4 is 11.2 Å². The molecule has 0 fully saturated rings. The van der Waals surface area contributed by atoms with Crippen LogP contribution in [0.1, 0.15) is 19.8 Å². The minimum atomic E-state index is -0.416. The van der Waals surface area contributed by atoms with Gasteiger partial charge in [0.15, 0.2) is 0 Å². The average Bonchev–Trinajstić information content (AvgIpc) is 2.06. The van der Waals surface area contributed by atoms with E-state index in [9.17, 15) is 4.79 Å². The number of alkyl carbamates (subject to hydrolysis) is 1. The molecule has 0 saturated carbocycles. The zero-order valence-electron chi connectivity index (χ0n) is 7.34. The van der Waals surface area contributed by atoms with Crippen molar-refractivity contribution in [3.63, 3.8) is 0 Å². The van der Waals surface area contributed by atoms with Crippen molar-refractivity contribution < 1.29 is 14.4 Å². The Balaban J connectivity index is 3.10. The van der Waals surface area contributed by atoms with Crippen molar-refractivity contribution in [3.8, 4) is 0 Å². The number of amides is 1. The molecule has 5 heteroatoms. The Bertz CT molecular complexity index is 107. The fraction of sp³-hybridized carbons (Fsp3) is 0.857. The van der Waals surface area contributed by atoms with Gasteiger partial charge >= 0.3 is 6.09 Å². The molecule has 0 atom stereocenters. The largest absolute Gasteiger partial charge is 0.450 e. The van der Waals surface area contributed by atoms with E-state index < -0.39 is 6.09 Å². The molecule has 0 aliphatic heterocycles. The summed E-state index contributed by atoms with van der Waals surface area (Å²) in [5.41, 5.74) is 0. The van der Waals surface area contributed by atoms with Crippen LogP contribution in [-0.4, -0.2) is 25.9 Å². The molecular formula is C7H16N2O3. The summed E-state index contributed by atoms with van der Waals surface area (Å²) in [4.78, 5) is 15.0. The van der Waals surface area contributed by atoms with Crippen LogP contribution in [0, 0.1) is 0 Å². The van der Waals surface area contributed by atoms with E-state index in [1.165, 1.54) is 0 Å². The molecule has 5 nitrogen and oxygen atoms in total. The van der Waals surface area contributed by atoms with E-state index in [0.29, 0.717) is 19.8 Å². The first-order chi connectivity index (χ1) is 5.81. The summed E-state index contributed by atoms with van der Waals surface area (Å²) in [7, 11) is 0. The number of rotatable bonds is 6. The van der Waals surface area contributed by atoms with Gasteiger partial charge in [0.05, 0.1) is 13.2 Å². The molecule has 0 bridgehead atoms. The molecule has 0 aliphatic carbocycles. The Morgan fingerprint density at radius 3 is 2.83 bits per heavy atom. The number of carbonyl (C=O) groups is 1. The van der Waals surface area contributed by atoms with E-state index in [0.717, 1.165) is 12.8 Å². The van der Waals surface area contributed by atoms with E-state index in [4.69, 9.17) is 10.6 Å². The average molecular weight is 176 g/mol. The van der Waals surface area contributed by atoms with Crippen LogP contribution in [0.15, 0.2) is 0 Å². The van der Waals surface area contributed by atoms with Gasteiger partial charge in [0, 0.05) is 6.54 Å². The molecule has 0 aromatic carbocycles. The van der Waals surface area contributed by atoms with Gasteiger partial charge in [-0.1, -0.05) is 13.3 Å². The summed E-state index contributed by atoms with van der Waals surface area (Å²) in [5, 5.41) is 2.48. The van der Waals surface area contributed by atoms with Gasteiger partial charge in [0.2, 0.25) is 0 Å². The first-order valence-electron chi connectivity index (χ1n) is 4.03. The number of ether oxygens (including phenoxy) is 1. The highest BCUT2D eigenvalue weighted by molar-refractivity contribution is 5.66. The smallest absolute Gasteiger partial charge is 0.407 e. The van der Waals surface area contributed by atoms with Crippen LogP contribution in [0.2, 0.25) is 0 Å². The molecule has 0 spiro atoms. The van der Waals surface area contributed by atoms with Crippen molar-refractivity contribution in [2.24, 2.45) is 5.90 Å². The van der Waals surface area contributed by atoms with Gasteiger partial charge in [-0.25, -0.2) is 10.7 Å². The SMILES string of the molecule is CCCCOC(=O)NCCON. The van der Waals surface area contributed by atoms with Crippen molar-refractivity contribution in [2.75, 3.05) is 19.8 Å². The topological polar surface area (TPSA) is 73.6 Å². The summed E-state index contributed by atoms with van der Waals surface area (Å²) in [6.45, 7) is 3.17. The summed E-state index contributed by atoms with van der Waals surface area (Å²) in [5.74, 6) is 4.74. The van der Waals surface area contributed by atoms with E-state index in [2.05, 4.69) is 10.2 Å². The molecule has 0 saturated heterocycles. The minimum Gasteiger partial charge on any atom is -0.450 e. The third kappa shape index (κ3) is 7.30. The lowest BCUT2D eigenvalue weighted by atomic mass is 10.4. The maximum Gasteiger partial charge on any atom is 0.407 e. The fourth-order valence-corrected chi connectivity index (χ4v) is 0.572. The van der Waals surface area contributed by atoms with Crippen LogP contribution in [0.25, 0.3) is 0 Å². The van der Waals surface area contributed by atoms with Crippen molar-refractivity contribution in [1.29, 1.82) is 0 Å². The Morgan fingerprint density at radius 2 is 2.25 bits per heavy atom. The number of hydrogen-bond acceptors (Lipinski definition) is 4. The lowest BCUT2D eigenvalue weighted by Crippen LogP contribution is -2.28. The molecule has 1 amide bonds. The molecular weight excluding hydrogens is 160 g/mol. The first-order valence-corrected chi connectivity index (χ1v) is 4.03. The van der Waals surface area contributed by atoms with Gasteiger partial charge in [0.25, 0.3) is 0 Å². The summed E-state index contributed by atoms with van der Waals surface area (Å²) >= 11 is 0. The second kappa shape index (κ2) is 8.29. The predicted molar refractivity (Wildman–Crippen MR) is 44.4 cm³/mol. The molecule has 0 aromatic heterocycles. The van der Waals surface area contributed by atoms with E-state index in [-0.39, 0.29) is 0 Å². The van der Waals surface area contributed by atoms with Gasteiger partial charge < -0.3 is 14.9 Å². The van der Waals surface area contributed by atoms with Gasteiger partial charge in [-0.05, 0) is 6.42 Å². The van der Waals surface area contributed by atoms with Gasteiger partial charge in [-0.15, -0.1) is 0 Å². The molecule has 0 unspecified atom stereocenters. The third-order valence-electron chi connectivity index (χ3n) is 1.22. The molecule has 0 rings (SSSR count). The maximum absolute atomic E-state index is 10.8. The molecule has 3 N–H and O–H groups in total. The van der Waals surface area contributed by atoms with Crippen LogP contribution in [0.3, 0.4) is 0 Å². The van der Waals surface area contributed by atoms with Crippen LogP contribution >= 0.6 is 0 Å². The van der Waals surface area contributed by atoms with Gasteiger partial charge in [-0.3, -0.25) is 0 Å². The predicted octanol–water partition coefficient (Wildman–Crippen LogP) is 0.403. The van der Waals surface area contributed by atoms with E-state index in [1.54, 1.807) is 0 Å². The molecule has 12 heavy (non-hydrogen) atoms. The molecule has 0 aromatic rings. The third-order valence-corrected chi connectivity index (χ3v) is 1.22. The zero-order chi connectivity index (χ0) is 9.23. The van der Waals surface area contributed by atoms with Crippen molar-refractivity contribution in [1.82, 2.24) is 5.32 Å². The highest BCUT2D eigenvalue weighted by atomic mass is 16.6. The number of nitrogens with two attached hydrogens (primary N) is 1. The van der Waals surface area contributed by atoms with Crippen LogP contribution in [0.4, 0.5) is 4.79 Å². The van der Waals surface area contributed by atoms with Crippen LogP contribution in [-0.2, 0) is 9.57 Å². The summed E-state index contributed by atoms with van der Waals surface area (Å²) < 4.78 is 4.78. The van der Waals surface area contributed by atoms with Crippen molar-refractivity contribution >= 4 is 6.09 Å². The van der Waals surface area contributed by atoms with Crippen molar-refractivity contribution in [3.05, 3.63) is 0 Å². The second-order valence-corrected chi connectivity index (χ2v) is 2.29. The summed E-state index contributed by atoms with van der Waals surface area (Å²) in [6.07, 6.45) is 1.49. The molecule has 0 heterocycles. The van der Waals surface area contributed by atoms with E-state index in [1.807, 2.05) is 6.92 Å². The monoisotopic (exact) mass is 176 g/mol. The fourth-order valence-electron chi connectivity index (χ4n) is 0.572. The minimum absolute atomic E-state index is 0.295. The standard InChI is InChI=1S/C7H16N2O3/c1-2-3-5-11-7(10)9-4-6-12-8/h2-6,8H2,1H3,(H,9,10). The van der Waals surface area contributed by atoms with Crippen LogP contribution in [0.5, 0.6) is 0 Å². The second-order valence-electron chi connectivity index (χ2n) is 2.29. The van der Waals surface area contributed by atoms with E-state index >= 15 is 0 Å². The first kappa shape index (κ1) is 11.2. The Hall–Kier alpha value is -0.810. The molecule has 72 valence electrons. The number of nitrogens with one attached hydrogen (secondary N) is 1. The number of unbranched alkanes of at least 4 members (excludes halogenated alkanes) is 1. The Morgan fingerprint density at radius 1 is 1.50 bits per heavy atom. The number of hydrogen-bond donors (Lipinski definition) is 2. The van der Waals surface area contributed by atoms with Gasteiger partial charge in [-0.2, -0.15) is 0 Å². The van der Waals surface area contributed by atoms with Crippen molar-refractivity contribution in [2.45, 2.75) is 19.8 Å². The van der Waals surface area contributed by atoms with Gasteiger partial charge in [0.1, 0.15) is 0 Å². The quantitative estimate of drug-likeness (QED) is 0.454. The zero-order valence-corrected chi connectivity index (χ0v) is 7.34. The normalized spacial score (nSPS) is 9.50.